The highest BCUT2D eigenvalue weighted by atomic mass is 16.4. The van der Waals surface area contributed by atoms with E-state index < -0.39 is 11.3 Å². The summed E-state index contributed by atoms with van der Waals surface area (Å²) in [5.41, 5.74) is 6.09. The van der Waals surface area contributed by atoms with Crippen molar-refractivity contribution in [3.8, 4) is 0 Å². The van der Waals surface area contributed by atoms with Crippen LogP contribution in [0.2, 0.25) is 0 Å². The molecule has 3 heterocycles. The van der Waals surface area contributed by atoms with E-state index >= 15 is 0 Å². The second-order valence-electron chi connectivity index (χ2n) is 9.20. The monoisotopic (exact) mass is 442 g/mol. The number of nitrogens with one attached hydrogen (secondary N) is 1. The highest BCUT2D eigenvalue weighted by molar-refractivity contribution is 6.07. The number of benzene rings is 2. The lowest BCUT2D eigenvalue weighted by Crippen LogP contribution is -2.48. The Labute approximate surface area is 188 Å². The number of carbonyl (C=O) groups is 2. The minimum atomic E-state index is -0.863. The summed E-state index contributed by atoms with van der Waals surface area (Å²) >= 11 is 0. The maximum Gasteiger partial charge on any atom is 0.420 e. The number of rotatable bonds is 2. The van der Waals surface area contributed by atoms with Crippen molar-refractivity contribution in [2.24, 2.45) is 0 Å². The fourth-order valence-corrected chi connectivity index (χ4v) is 5.27. The van der Waals surface area contributed by atoms with Gasteiger partial charge in [-0.2, -0.15) is 0 Å². The van der Waals surface area contributed by atoms with Crippen molar-refractivity contribution >= 4 is 33.9 Å². The minimum Gasteiger partial charge on any atom is -0.407 e. The molecule has 8 nitrogen and oxygen atoms in total. The van der Waals surface area contributed by atoms with Gasteiger partial charge >= 0.3 is 11.8 Å². The number of aryl methyl sites for hydroxylation is 2. The zero-order valence-electron chi connectivity index (χ0n) is 18.6. The average Bonchev–Trinajstić information content (AvgIpc) is 3.36. The maximum absolute atomic E-state index is 12.6. The number of fused-ring (bicyclic) bond motifs is 3. The van der Waals surface area contributed by atoms with Gasteiger partial charge in [-0.1, -0.05) is 12.1 Å². The summed E-state index contributed by atoms with van der Waals surface area (Å²) in [5.74, 6) is -0.655. The molecule has 8 heteroatoms. The van der Waals surface area contributed by atoms with Gasteiger partial charge in [0.2, 0.25) is 0 Å². The summed E-state index contributed by atoms with van der Waals surface area (Å²) in [6.45, 7) is 4.22. The van der Waals surface area contributed by atoms with Gasteiger partial charge < -0.3 is 9.32 Å². The molecule has 1 aliphatic heterocycles. The minimum absolute atomic E-state index is 0.249. The summed E-state index contributed by atoms with van der Waals surface area (Å²) < 4.78 is 7.10. The van der Waals surface area contributed by atoms with Crippen molar-refractivity contribution < 1.29 is 14.0 Å². The van der Waals surface area contributed by atoms with Gasteiger partial charge in [0.25, 0.3) is 5.91 Å². The Morgan fingerprint density at radius 3 is 2.55 bits per heavy atom. The molecule has 0 bridgehead atoms. The van der Waals surface area contributed by atoms with Crippen LogP contribution in [0.5, 0.6) is 0 Å². The molecule has 1 saturated heterocycles. The Kier molecular flexibility index (Phi) is 3.91. The van der Waals surface area contributed by atoms with Crippen molar-refractivity contribution in [2.45, 2.75) is 38.8 Å². The lowest BCUT2D eigenvalue weighted by molar-refractivity contribution is -0.125. The Hall–Kier alpha value is -3.94. The number of aromatic nitrogens is 2. The van der Waals surface area contributed by atoms with Crippen LogP contribution in [-0.2, 0) is 24.2 Å². The van der Waals surface area contributed by atoms with Crippen LogP contribution in [0.3, 0.4) is 0 Å². The van der Waals surface area contributed by atoms with Crippen LogP contribution < -0.4 is 11.1 Å². The van der Waals surface area contributed by atoms with Gasteiger partial charge in [0.1, 0.15) is 5.54 Å². The van der Waals surface area contributed by atoms with Crippen LogP contribution in [0.4, 0.5) is 4.79 Å². The second-order valence-corrected chi connectivity index (χ2v) is 9.20. The molecule has 33 heavy (non-hydrogen) atoms. The third-order valence-electron chi connectivity index (χ3n) is 7.04. The van der Waals surface area contributed by atoms with Crippen molar-refractivity contribution in [1.29, 1.82) is 0 Å². The first kappa shape index (κ1) is 19.7. The molecule has 2 aliphatic rings. The van der Waals surface area contributed by atoms with Crippen molar-refractivity contribution in [3.05, 3.63) is 74.9 Å². The van der Waals surface area contributed by atoms with E-state index in [2.05, 4.69) is 5.32 Å². The first-order chi connectivity index (χ1) is 15.7. The van der Waals surface area contributed by atoms with Gasteiger partial charge in [-0.15, -0.1) is 0 Å². The summed E-state index contributed by atoms with van der Waals surface area (Å²) in [6, 6.07) is 11.5. The number of likely N-dealkylation sites (N-methyl/N-ethyl adjacent to an activating group) is 1. The van der Waals surface area contributed by atoms with Crippen LogP contribution in [0.1, 0.15) is 27.9 Å². The number of urea groups is 1. The number of oxazole rings is 1. The SMILES string of the molecule is Cc1cc(C)c2oc(=O)n(Cc3ccc4cc5c(cc4n3)CC3(C5)C(=O)NC(=O)N3C)c2c1. The highest BCUT2D eigenvalue weighted by Gasteiger charge is 2.54. The predicted molar refractivity (Wildman–Crippen MR) is 122 cm³/mol. The number of amides is 3. The second kappa shape index (κ2) is 6.54. The Morgan fingerprint density at radius 1 is 1.06 bits per heavy atom. The molecule has 4 aromatic rings. The Bertz CT molecular complexity index is 1580. The first-order valence-electron chi connectivity index (χ1n) is 10.9. The van der Waals surface area contributed by atoms with Gasteiger partial charge in [-0.25, -0.2) is 9.59 Å². The smallest absolute Gasteiger partial charge is 0.407 e. The topological polar surface area (TPSA) is 97.4 Å². The fraction of sp³-hybridized carbons (Fsp3) is 0.280. The fourth-order valence-electron chi connectivity index (χ4n) is 5.27. The van der Waals surface area contributed by atoms with Gasteiger partial charge in [0.05, 0.1) is 23.3 Å². The molecule has 166 valence electrons. The standard InChI is InChI=1S/C25H22N4O4/c1-13-6-14(2)21-20(7-13)29(24(32)33-21)12-18-5-4-15-8-16-10-25(11-17(16)9-19(15)26-18)22(30)27-23(31)28(25)3/h4-9H,10-12H2,1-3H3,(H,27,30,31). The number of nitrogens with zero attached hydrogens (tertiary/aromatic N) is 3. The van der Waals surface area contributed by atoms with E-state index in [4.69, 9.17) is 9.40 Å². The van der Waals surface area contributed by atoms with Gasteiger partial charge in [-0.05, 0) is 60.4 Å². The molecule has 6 rings (SSSR count). The third kappa shape index (κ3) is 2.76. The molecule has 1 fully saturated rings. The quantitative estimate of drug-likeness (QED) is 0.482. The predicted octanol–water partition coefficient (Wildman–Crippen LogP) is 2.83. The first-order valence-corrected chi connectivity index (χ1v) is 10.9. The molecule has 1 N–H and O–H groups in total. The normalized spacial score (nSPS) is 19.8. The molecule has 0 radical (unpaired) electrons. The molecule has 1 atom stereocenters. The number of hydrogen-bond donors (Lipinski definition) is 1. The van der Waals surface area contributed by atoms with E-state index in [1.165, 1.54) is 4.90 Å². The number of carbonyl (C=O) groups excluding carboxylic acids is 2. The van der Waals surface area contributed by atoms with Crippen molar-refractivity contribution in [3.63, 3.8) is 0 Å². The molecule has 1 unspecified atom stereocenters. The molecule has 1 aliphatic carbocycles. The van der Waals surface area contributed by atoms with Gasteiger partial charge in [0, 0.05) is 25.3 Å². The highest BCUT2D eigenvalue weighted by Crippen LogP contribution is 2.38. The molecular formula is C25H22N4O4. The van der Waals surface area contributed by atoms with E-state index in [0.717, 1.165) is 44.4 Å². The van der Waals surface area contributed by atoms with Crippen molar-refractivity contribution in [1.82, 2.24) is 19.8 Å². The molecular weight excluding hydrogens is 420 g/mol. The maximum atomic E-state index is 12.6. The summed E-state index contributed by atoms with van der Waals surface area (Å²) in [4.78, 5) is 43.5. The van der Waals surface area contributed by atoms with E-state index in [9.17, 15) is 14.4 Å². The number of hydrogen-bond acceptors (Lipinski definition) is 5. The van der Waals surface area contributed by atoms with E-state index in [1.54, 1.807) is 11.6 Å². The van der Waals surface area contributed by atoms with E-state index in [0.29, 0.717) is 25.0 Å². The largest absolute Gasteiger partial charge is 0.420 e. The van der Waals surface area contributed by atoms with Gasteiger partial charge in [0.15, 0.2) is 5.58 Å². The Balaban J connectivity index is 1.39. The average molecular weight is 442 g/mol. The lowest BCUT2D eigenvalue weighted by atomic mass is 9.95. The van der Waals surface area contributed by atoms with Gasteiger partial charge in [-0.3, -0.25) is 19.7 Å². The lowest BCUT2D eigenvalue weighted by Gasteiger charge is -2.27. The molecule has 0 saturated carbocycles. The van der Waals surface area contributed by atoms with Crippen LogP contribution in [0.25, 0.3) is 22.0 Å². The van der Waals surface area contributed by atoms with Crippen LogP contribution in [0, 0.1) is 13.8 Å². The summed E-state index contributed by atoms with van der Waals surface area (Å²) in [5, 5.41) is 3.39. The molecule has 2 aromatic carbocycles. The van der Waals surface area contributed by atoms with E-state index in [1.807, 2.05) is 50.2 Å². The summed E-state index contributed by atoms with van der Waals surface area (Å²) in [6.07, 6.45) is 0.950. The molecule has 1 spiro atoms. The zero-order chi connectivity index (χ0) is 23.1. The number of imide groups is 1. The van der Waals surface area contributed by atoms with E-state index in [-0.39, 0.29) is 11.9 Å². The number of pyridine rings is 1. The molecule has 2 aromatic heterocycles. The van der Waals surface area contributed by atoms with Crippen LogP contribution in [0.15, 0.2) is 45.6 Å². The zero-order valence-corrected chi connectivity index (χ0v) is 18.6. The third-order valence-corrected chi connectivity index (χ3v) is 7.04. The summed E-state index contributed by atoms with van der Waals surface area (Å²) in [7, 11) is 1.67. The van der Waals surface area contributed by atoms with Crippen molar-refractivity contribution in [2.75, 3.05) is 7.05 Å². The Morgan fingerprint density at radius 2 is 1.82 bits per heavy atom. The van der Waals surface area contributed by atoms with Crippen LogP contribution >= 0.6 is 0 Å². The van der Waals surface area contributed by atoms with Crippen LogP contribution in [-0.4, -0.2) is 39.0 Å². The molecule has 3 amide bonds.